The van der Waals surface area contributed by atoms with Gasteiger partial charge in [0.2, 0.25) is 0 Å². The molecule has 6 rings (SSSR count). The van der Waals surface area contributed by atoms with Gasteiger partial charge in [-0.05, 0) is 23.8 Å². The lowest BCUT2D eigenvalue weighted by Gasteiger charge is -2.29. The molecule has 3 heterocycles. The van der Waals surface area contributed by atoms with Gasteiger partial charge in [-0.3, -0.25) is 15.2 Å². The second kappa shape index (κ2) is 7.07. The van der Waals surface area contributed by atoms with Gasteiger partial charge < -0.3 is 10.3 Å². The number of hydrogen-bond donors (Lipinski definition) is 3. The number of H-pyrrole nitrogens is 2. The Kier molecular flexibility index (Phi) is 4.04. The van der Waals surface area contributed by atoms with Crippen molar-refractivity contribution in [2.45, 2.75) is 5.92 Å². The highest BCUT2D eigenvalue weighted by atomic mass is 16.6. The second-order valence-corrected chi connectivity index (χ2v) is 7.92. The summed E-state index contributed by atoms with van der Waals surface area (Å²) >= 11 is 0. The number of aromatic amines is 2. The normalized spacial score (nSPS) is 15.3. The van der Waals surface area contributed by atoms with E-state index < -0.39 is 10.8 Å². The van der Waals surface area contributed by atoms with Gasteiger partial charge in [0, 0.05) is 51.4 Å². The van der Waals surface area contributed by atoms with Gasteiger partial charge in [-0.15, -0.1) is 0 Å². The Hall–Kier alpha value is -4.90. The standard InChI is InChI=1S/C25H16N6O2/c26-11-18-22(14-5-8-16(9-6-14)31(32)33)23-21(10-7-15-12-28-30-24(15)23)29-25(18)19-13-27-20-4-2-1-3-17(19)20/h1-10,12-13,22,27,29H,(H,28,30). The van der Waals surface area contributed by atoms with Crippen LogP contribution >= 0.6 is 0 Å². The molecule has 0 saturated heterocycles. The molecule has 0 bridgehead atoms. The number of allylic oxidation sites excluding steroid dienone is 1. The van der Waals surface area contributed by atoms with Crippen LogP contribution < -0.4 is 5.32 Å². The number of nitro groups is 1. The third-order valence-corrected chi connectivity index (χ3v) is 6.18. The predicted octanol–water partition coefficient (Wildman–Crippen LogP) is 5.44. The number of fused-ring (bicyclic) bond motifs is 4. The molecule has 1 atom stereocenters. The Morgan fingerprint density at radius 1 is 1.06 bits per heavy atom. The molecule has 0 saturated carbocycles. The van der Waals surface area contributed by atoms with Gasteiger partial charge in [0.1, 0.15) is 0 Å². The molecule has 2 aromatic heterocycles. The topological polar surface area (TPSA) is 123 Å². The van der Waals surface area contributed by atoms with Gasteiger partial charge in [-0.2, -0.15) is 10.4 Å². The van der Waals surface area contributed by atoms with E-state index in [0.29, 0.717) is 11.3 Å². The number of anilines is 1. The number of para-hydroxylation sites is 1. The molecule has 8 nitrogen and oxygen atoms in total. The highest BCUT2D eigenvalue weighted by molar-refractivity contribution is 6.01. The van der Waals surface area contributed by atoms with Crippen LogP contribution in [0, 0.1) is 21.4 Å². The highest BCUT2D eigenvalue weighted by Crippen LogP contribution is 2.47. The van der Waals surface area contributed by atoms with Gasteiger partial charge in [-0.1, -0.05) is 30.3 Å². The fraction of sp³-hybridized carbons (Fsp3) is 0.0400. The van der Waals surface area contributed by atoms with Crippen LogP contribution in [0.3, 0.4) is 0 Å². The number of non-ortho nitro benzene ring substituents is 1. The van der Waals surface area contributed by atoms with Crippen LogP contribution in [0.1, 0.15) is 22.6 Å². The van der Waals surface area contributed by atoms with Crippen LogP contribution in [0.4, 0.5) is 11.4 Å². The van der Waals surface area contributed by atoms with E-state index in [-0.39, 0.29) is 5.69 Å². The van der Waals surface area contributed by atoms with E-state index in [0.717, 1.165) is 44.2 Å². The number of rotatable bonds is 3. The number of nitrogens with zero attached hydrogens (tertiary/aromatic N) is 3. The molecule has 5 aromatic rings. The van der Waals surface area contributed by atoms with E-state index in [1.807, 2.05) is 42.6 Å². The number of benzene rings is 3. The zero-order valence-corrected chi connectivity index (χ0v) is 17.2. The van der Waals surface area contributed by atoms with E-state index in [1.165, 1.54) is 12.1 Å². The average molecular weight is 432 g/mol. The summed E-state index contributed by atoms with van der Waals surface area (Å²) in [5.74, 6) is -0.431. The lowest BCUT2D eigenvalue weighted by atomic mass is 9.79. The van der Waals surface area contributed by atoms with E-state index in [9.17, 15) is 15.4 Å². The van der Waals surface area contributed by atoms with Gasteiger partial charge in [0.15, 0.2) is 0 Å². The third-order valence-electron chi connectivity index (χ3n) is 6.18. The molecule has 0 fully saturated rings. The van der Waals surface area contributed by atoms with Crippen LogP contribution in [0.5, 0.6) is 0 Å². The summed E-state index contributed by atoms with van der Waals surface area (Å²) in [4.78, 5) is 14.1. The van der Waals surface area contributed by atoms with E-state index in [1.54, 1.807) is 18.3 Å². The first kappa shape index (κ1) is 18.8. The Balaban J connectivity index is 1.65. The Labute approximate surface area is 187 Å². The Morgan fingerprint density at radius 2 is 1.88 bits per heavy atom. The van der Waals surface area contributed by atoms with Crippen molar-refractivity contribution in [2.24, 2.45) is 0 Å². The Morgan fingerprint density at radius 3 is 2.67 bits per heavy atom. The van der Waals surface area contributed by atoms with Crippen molar-refractivity contribution >= 4 is 38.9 Å². The molecule has 3 aromatic carbocycles. The van der Waals surface area contributed by atoms with Crippen molar-refractivity contribution in [3.8, 4) is 6.07 Å². The average Bonchev–Trinajstić information content (AvgIpc) is 3.50. The molecular weight excluding hydrogens is 416 g/mol. The smallest absolute Gasteiger partial charge is 0.269 e. The second-order valence-electron chi connectivity index (χ2n) is 7.92. The minimum absolute atomic E-state index is 0.00648. The van der Waals surface area contributed by atoms with Crippen molar-refractivity contribution in [3.05, 3.63) is 105 Å². The van der Waals surface area contributed by atoms with E-state index in [2.05, 4.69) is 26.6 Å². The Bertz CT molecular complexity index is 1640. The van der Waals surface area contributed by atoms with Gasteiger partial charge in [0.25, 0.3) is 5.69 Å². The number of nitrogens with one attached hydrogen (secondary N) is 3. The number of hydrogen-bond acceptors (Lipinski definition) is 5. The first-order valence-electron chi connectivity index (χ1n) is 10.3. The van der Waals surface area contributed by atoms with Crippen molar-refractivity contribution in [2.75, 3.05) is 5.32 Å². The van der Waals surface area contributed by atoms with Crippen molar-refractivity contribution in [3.63, 3.8) is 0 Å². The molecule has 1 aliphatic rings. The number of nitriles is 1. The summed E-state index contributed by atoms with van der Waals surface area (Å²) in [6.45, 7) is 0. The van der Waals surface area contributed by atoms with Gasteiger partial charge in [0.05, 0.1) is 39.9 Å². The maximum absolute atomic E-state index is 11.2. The lowest BCUT2D eigenvalue weighted by Crippen LogP contribution is -2.18. The summed E-state index contributed by atoms with van der Waals surface area (Å²) in [5.41, 5.74) is 6.48. The zero-order chi connectivity index (χ0) is 22.5. The SMILES string of the molecule is N#CC1=C(c2c[nH]c3ccccc23)Nc2ccc3cn[nH]c3c2C1c1ccc([N+](=O)[O-])cc1. The molecule has 3 N–H and O–H groups in total. The molecule has 0 spiro atoms. The van der Waals surface area contributed by atoms with Crippen LogP contribution in [0.25, 0.3) is 27.5 Å². The van der Waals surface area contributed by atoms with Crippen LogP contribution in [-0.2, 0) is 0 Å². The molecule has 33 heavy (non-hydrogen) atoms. The van der Waals surface area contributed by atoms with Gasteiger partial charge >= 0.3 is 0 Å². The lowest BCUT2D eigenvalue weighted by molar-refractivity contribution is -0.384. The maximum atomic E-state index is 11.2. The molecule has 0 aliphatic carbocycles. The zero-order valence-electron chi connectivity index (χ0n) is 17.2. The first-order chi connectivity index (χ1) is 16.2. The van der Waals surface area contributed by atoms with E-state index in [4.69, 9.17) is 0 Å². The summed E-state index contributed by atoms with van der Waals surface area (Å²) in [6.07, 6.45) is 3.64. The molecule has 1 unspecified atom stereocenters. The molecular formula is C25H16N6O2. The van der Waals surface area contributed by atoms with Crippen molar-refractivity contribution in [1.82, 2.24) is 15.2 Å². The molecule has 158 valence electrons. The van der Waals surface area contributed by atoms with Crippen LogP contribution in [0.15, 0.2) is 78.6 Å². The minimum Gasteiger partial charge on any atom is -0.360 e. The molecule has 0 amide bonds. The third kappa shape index (κ3) is 2.80. The maximum Gasteiger partial charge on any atom is 0.269 e. The molecule has 1 aliphatic heterocycles. The van der Waals surface area contributed by atoms with E-state index >= 15 is 0 Å². The van der Waals surface area contributed by atoms with Gasteiger partial charge in [-0.25, -0.2) is 0 Å². The first-order valence-corrected chi connectivity index (χ1v) is 10.3. The predicted molar refractivity (Wildman–Crippen MR) is 125 cm³/mol. The summed E-state index contributed by atoms with van der Waals surface area (Å²) in [6, 6.07) is 20.7. The monoisotopic (exact) mass is 432 g/mol. The summed E-state index contributed by atoms with van der Waals surface area (Å²) < 4.78 is 0. The molecule has 8 heteroatoms. The van der Waals surface area contributed by atoms with Crippen LogP contribution in [-0.4, -0.2) is 20.1 Å². The number of aromatic nitrogens is 3. The van der Waals surface area contributed by atoms with Crippen molar-refractivity contribution in [1.29, 1.82) is 5.26 Å². The minimum atomic E-state index is -0.431. The highest BCUT2D eigenvalue weighted by Gasteiger charge is 2.33. The molecule has 0 radical (unpaired) electrons. The van der Waals surface area contributed by atoms with Crippen LogP contribution in [0.2, 0.25) is 0 Å². The number of nitro benzene ring substituents is 1. The summed E-state index contributed by atoms with van der Waals surface area (Å²) in [5, 5.41) is 34.2. The summed E-state index contributed by atoms with van der Waals surface area (Å²) in [7, 11) is 0. The fourth-order valence-corrected chi connectivity index (χ4v) is 4.67. The largest absolute Gasteiger partial charge is 0.360 e. The fourth-order valence-electron chi connectivity index (χ4n) is 4.67. The van der Waals surface area contributed by atoms with Crippen molar-refractivity contribution < 1.29 is 4.92 Å². The quantitative estimate of drug-likeness (QED) is 0.259.